The Morgan fingerprint density at radius 2 is 2.00 bits per heavy atom. The molecule has 1 aromatic carbocycles. The van der Waals surface area contributed by atoms with Crippen LogP contribution in [-0.4, -0.2) is 35.5 Å². The molecule has 0 fully saturated rings. The summed E-state index contributed by atoms with van der Waals surface area (Å²) in [6.07, 6.45) is 2.83. The summed E-state index contributed by atoms with van der Waals surface area (Å²) in [6, 6.07) is 7.98. The summed E-state index contributed by atoms with van der Waals surface area (Å²) in [5.74, 6) is -0.625. The zero-order chi connectivity index (χ0) is 17.0. The van der Waals surface area contributed by atoms with Gasteiger partial charge in [-0.3, -0.25) is 9.59 Å². The van der Waals surface area contributed by atoms with Crippen LogP contribution in [0.15, 0.2) is 24.3 Å². The van der Waals surface area contributed by atoms with Crippen molar-refractivity contribution in [3.05, 3.63) is 35.4 Å². The third kappa shape index (κ3) is 4.55. The van der Waals surface area contributed by atoms with E-state index in [9.17, 15) is 9.59 Å². The Bertz CT molecular complexity index is 578. The molecule has 1 aliphatic rings. The molecule has 0 aliphatic heterocycles. The first kappa shape index (κ1) is 17.5. The number of rotatable bonds is 4. The first-order valence-corrected chi connectivity index (χ1v) is 8.11. The lowest BCUT2D eigenvalue weighted by atomic mass is 9.86. The molecule has 1 atom stereocenters. The zero-order valence-electron chi connectivity index (χ0n) is 14.2. The van der Waals surface area contributed by atoms with E-state index in [1.54, 1.807) is 4.90 Å². The van der Waals surface area contributed by atoms with Gasteiger partial charge in [0.15, 0.2) is 0 Å². The molecule has 2 N–H and O–H groups in total. The summed E-state index contributed by atoms with van der Waals surface area (Å²) < 4.78 is 5.37. The van der Waals surface area contributed by atoms with Gasteiger partial charge in [0.2, 0.25) is 5.91 Å². The van der Waals surface area contributed by atoms with Crippen molar-refractivity contribution in [1.29, 1.82) is 0 Å². The Morgan fingerprint density at radius 1 is 1.30 bits per heavy atom. The average molecular weight is 318 g/mol. The van der Waals surface area contributed by atoms with Gasteiger partial charge in [-0.2, -0.15) is 0 Å². The molecule has 1 aliphatic carbocycles. The molecule has 2 rings (SSSR count). The number of fused-ring (bicyclic) bond motifs is 1. The molecule has 5 heteroatoms. The average Bonchev–Trinajstić information content (AvgIpc) is 2.50. The van der Waals surface area contributed by atoms with E-state index in [2.05, 4.69) is 6.07 Å². The summed E-state index contributed by atoms with van der Waals surface area (Å²) in [4.78, 5) is 26.1. The molecule has 1 unspecified atom stereocenters. The number of nitrogens with zero attached hydrogens (tertiary/aromatic N) is 1. The van der Waals surface area contributed by atoms with E-state index in [0.29, 0.717) is 0 Å². The van der Waals surface area contributed by atoms with Crippen molar-refractivity contribution in [2.24, 2.45) is 5.73 Å². The van der Waals surface area contributed by atoms with E-state index in [4.69, 9.17) is 10.5 Å². The van der Waals surface area contributed by atoms with E-state index in [0.717, 1.165) is 24.8 Å². The van der Waals surface area contributed by atoms with Gasteiger partial charge in [-0.05, 0) is 51.2 Å². The van der Waals surface area contributed by atoms with Crippen LogP contribution in [0.25, 0.3) is 0 Å². The van der Waals surface area contributed by atoms with Crippen molar-refractivity contribution < 1.29 is 14.3 Å². The van der Waals surface area contributed by atoms with Crippen LogP contribution in [0, 0.1) is 0 Å². The second-order valence-electron chi connectivity index (χ2n) is 6.92. The SMILES string of the molecule is CC(C)(C)OC(=O)CN(C(=O)CN)C1CCCc2ccccc21. The molecule has 1 aromatic rings. The molecule has 1 amide bonds. The molecule has 0 heterocycles. The fraction of sp³-hybridized carbons (Fsp3) is 0.556. The number of hydrogen-bond acceptors (Lipinski definition) is 4. The van der Waals surface area contributed by atoms with Crippen molar-refractivity contribution in [2.45, 2.75) is 51.7 Å². The highest BCUT2D eigenvalue weighted by Crippen LogP contribution is 2.34. The van der Waals surface area contributed by atoms with E-state index in [1.165, 1.54) is 5.56 Å². The minimum atomic E-state index is -0.570. The molecule has 0 spiro atoms. The third-order valence-corrected chi connectivity index (χ3v) is 3.93. The van der Waals surface area contributed by atoms with Crippen LogP contribution in [0.3, 0.4) is 0 Å². The number of aryl methyl sites for hydroxylation is 1. The van der Waals surface area contributed by atoms with Gasteiger partial charge in [0.1, 0.15) is 12.1 Å². The molecule has 5 nitrogen and oxygen atoms in total. The van der Waals surface area contributed by atoms with E-state index in [1.807, 2.05) is 39.0 Å². The maximum Gasteiger partial charge on any atom is 0.326 e. The molecular weight excluding hydrogens is 292 g/mol. The molecule has 0 saturated carbocycles. The fourth-order valence-electron chi connectivity index (χ4n) is 3.05. The van der Waals surface area contributed by atoms with Gasteiger partial charge in [-0.25, -0.2) is 0 Å². The van der Waals surface area contributed by atoms with Gasteiger partial charge in [-0.15, -0.1) is 0 Å². The number of carbonyl (C=O) groups is 2. The summed E-state index contributed by atoms with van der Waals surface area (Å²) >= 11 is 0. The highest BCUT2D eigenvalue weighted by Gasteiger charge is 2.31. The van der Waals surface area contributed by atoms with Gasteiger partial charge in [0.25, 0.3) is 0 Å². The first-order chi connectivity index (χ1) is 10.8. The van der Waals surface area contributed by atoms with Crippen LogP contribution in [0.4, 0.5) is 0 Å². The van der Waals surface area contributed by atoms with Crippen molar-refractivity contribution in [2.75, 3.05) is 13.1 Å². The predicted molar refractivity (Wildman–Crippen MR) is 88.7 cm³/mol. The minimum Gasteiger partial charge on any atom is -0.459 e. The molecule has 0 saturated heterocycles. The van der Waals surface area contributed by atoms with Crippen LogP contribution in [0.1, 0.15) is 50.8 Å². The summed E-state index contributed by atoms with van der Waals surface area (Å²) in [5.41, 5.74) is 7.34. The van der Waals surface area contributed by atoms with E-state index < -0.39 is 11.6 Å². The molecule has 23 heavy (non-hydrogen) atoms. The minimum absolute atomic E-state index is 0.0632. The van der Waals surface area contributed by atoms with Crippen molar-refractivity contribution in [3.8, 4) is 0 Å². The van der Waals surface area contributed by atoms with Crippen molar-refractivity contribution in [3.63, 3.8) is 0 Å². The zero-order valence-corrected chi connectivity index (χ0v) is 14.2. The number of benzene rings is 1. The Morgan fingerprint density at radius 3 is 2.65 bits per heavy atom. The maximum atomic E-state index is 12.3. The van der Waals surface area contributed by atoms with Crippen LogP contribution in [-0.2, 0) is 20.7 Å². The Kier molecular flexibility index (Phi) is 5.42. The van der Waals surface area contributed by atoms with E-state index in [-0.39, 0.29) is 25.0 Å². The predicted octanol–water partition coefficient (Wildman–Crippen LogP) is 2.19. The summed E-state index contributed by atoms with van der Waals surface area (Å²) in [6.45, 7) is 5.27. The molecule has 0 bridgehead atoms. The van der Waals surface area contributed by atoms with Gasteiger partial charge in [0.05, 0.1) is 12.6 Å². The standard InChI is InChI=1S/C18H26N2O3/c1-18(2,3)23-17(22)12-20(16(21)11-19)15-10-6-8-13-7-4-5-9-14(13)15/h4-5,7,9,15H,6,8,10-12,19H2,1-3H3. The third-order valence-electron chi connectivity index (χ3n) is 3.93. The lowest BCUT2D eigenvalue weighted by molar-refractivity contribution is -0.160. The van der Waals surface area contributed by atoms with Crippen LogP contribution >= 0.6 is 0 Å². The largest absolute Gasteiger partial charge is 0.459 e. The second-order valence-corrected chi connectivity index (χ2v) is 6.92. The first-order valence-electron chi connectivity index (χ1n) is 8.11. The van der Waals surface area contributed by atoms with Gasteiger partial charge in [-0.1, -0.05) is 24.3 Å². The van der Waals surface area contributed by atoms with Crippen molar-refractivity contribution in [1.82, 2.24) is 4.90 Å². The monoisotopic (exact) mass is 318 g/mol. The molecule has 126 valence electrons. The van der Waals surface area contributed by atoms with Gasteiger partial charge < -0.3 is 15.4 Å². The second kappa shape index (κ2) is 7.13. The highest BCUT2D eigenvalue weighted by atomic mass is 16.6. The number of ether oxygens (including phenoxy) is 1. The molecular formula is C18H26N2O3. The smallest absolute Gasteiger partial charge is 0.326 e. The van der Waals surface area contributed by atoms with Gasteiger partial charge in [0, 0.05) is 0 Å². The normalized spacial score (nSPS) is 17.3. The quantitative estimate of drug-likeness (QED) is 0.864. The van der Waals surface area contributed by atoms with Gasteiger partial charge >= 0.3 is 5.97 Å². The highest BCUT2D eigenvalue weighted by molar-refractivity contribution is 5.84. The van der Waals surface area contributed by atoms with Crippen LogP contribution in [0.5, 0.6) is 0 Å². The van der Waals surface area contributed by atoms with Crippen molar-refractivity contribution >= 4 is 11.9 Å². The number of carbonyl (C=O) groups excluding carboxylic acids is 2. The molecule has 0 aromatic heterocycles. The Balaban J connectivity index is 2.23. The lowest BCUT2D eigenvalue weighted by Gasteiger charge is -2.35. The Hall–Kier alpha value is -1.88. The number of hydrogen-bond donors (Lipinski definition) is 1. The van der Waals surface area contributed by atoms with Crippen LogP contribution < -0.4 is 5.73 Å². The Labute approximate surface area is 137 Å². The van der Waals surface area contributed by atoms with Crippen LogP contribution in [0.2, 0.25) is 0 Å². The van der Waals surface area contributed by atoms with E-state index >= 15 is 0 Å². The topological polar surface area (TPSA) is 72.6 Å². The number of esters is 1. The fourth-order valence-corrected chi connectivity index (χ4v) is 3.05. The maximum absolute atomic E-state index is 12.3. The lowest BCUT2D eigenvalue weighted by Crippen LogP contribution is -2.44. The molecule has 0 radical (unpaired) electrons. The number of nitrogens with two attached hydrogens (primary N) is 1. The summed E-state index contributed by atoms with van der Waals surface area (Å²) in [7, 11) is 0. The number of amides is 1. The summed E-state index contributed by atoms with van der Waals surface area (Å²) in [5, 5.41) is 0.